The maximum atomic E-state index is 11.6. The number of esters is 2. The molecule has 0 radical (unpaired) electrons. The molecule has 25 heavy (non-hydrogen) atoms. The Bertz CT molecular complexity index is 324. The summed E-state index contributed by atoms with van der Waals surface area (Å²) >= 11 is 0. The molecule has 4 heteroatoms. The maximum Gasteiger partial charge on any atom is 0.305 e. The Kier molecular flexibility index (Phi) is 17.0. The molecule has 0 aliphatic rings. The van der Waals surface area contributed by atoms with E-state index in [9.17, 15) is 9.59 Å². The van der Waals surface area contributed by atoms with Gasteiger partial charge in [0.15, 0.2) is 0 Å². The Balaban J connectivity index is 3.35. The minimum atomic E-state index is -0.0590. The molecule has 0 aromatic heterocycles. The first-order valence-electron chi connectivity index (χ1n) is 10.4. The second-order valence-electron chi connectivity index (χ2n) is 6.91. The lowest BCUT2D eigenvalue weighted by Gasteiger charge is -2.12. The Morgan fingerprint density at radius 2 is 1.20 bits per heavy atom. The standard InChI is InChI=1S/C21H40O4/c1-4-7-14-17-24-20(22)15-12-10-8-9-11-13-16-21(23)25-18-19(5-2)6-3/h19H,4-18H2,1-3H3. The van der Waals surface area contributed by atoms with Gasteiger partial charge in [-0.05, 0) is 25.2 Å². The van der Waals surface area contributed by atoms with Gasteiger partial charge in [-0.2, -0.15) is 0 Å². The van der Waals surface area contributed by atoms with Crippen LogP contribution in [0.1, 0.15) is 104 Å². The normalized spacial score (nSPS) is 10.9. The number of ether oxygens (including phenoxy) is 2. The molecule has 0 spiro atoms. The quantitative estimate of drug-likeness (QED) is 0.243. The molecule has 0 amide bonds. The van der Waals surface area contributed by atoms with E-state index in [1.54, 1.807) is 0 Å². The van der Waals surface area contributed by atoms with E-state index in [2.05, 4.69) is 20.8 Å². The van der Waals surface area contributed by atoms with Crippen molar-refractivity contribution in [3.63, 3.8) is 0 Å². The summed E-state index contributed by atoms with van der Waals surface area (Å²) in [5.74, 6) is 0.385. The molecule has 148 valence electrons. The van der Waals surface area contributed by atoms with Gasteiger partial charge in [-0.25, -0.2) is 0 Å². The molecule has 0 saturated carbocycles. The summed E-state index contributed by atoms with van der Waals surface area (Å²) in [6.45, 7) is 7.54. The molecule has 0 N–H and O–H groups in total. The third-order valence-electron chi connectivity index (χ3n) is 4.66. The SMILES string of the molecule is CCCCCOC(=O)CCCCCCCCC(=O)OCC(CC)CC. The number of hydrogen-bond acceptors (Lipinski definition) is 4. The minimum Gasteiger partial charge on any atom is -0.466 e. The number of carbonyl (C=O) groups is 2. The first kappa shape index (κ1) is 23.9. The molecule has 0 rings (SSSR count). The zero-order chi connectivity index (χ0) is 18.8. The Hall–Kier alpha value is -1.06. The van der Waals surface area contributed by atoms with Gasteiger partial charge in [0.25, 0.3) is 0 Å². The third-order valence-corrected chi connectivity index (χ3v) is 4.66. The van der Waals surface area contributed by atoms with Gasteiger partial charge < -0.3 is 9.47 Å². The molecule has 4 nitrogen and oxygen atoms in total. The van der Waals surface area contributed by atoms with Crippen LogP contribution < -0.4 is 0 Å². The lowest BCUT2D eigenvalue weighted by Crippen LogP contribution is -2.12. The largest absolute Gasteiger partial charge is 0.466 e. The second-order valence-corrected chi connectivity index (χ2v) is 6.91. The average Bonchev–Trinajstić information content (AvgIpc) is 2.61. The van der Waals surface area contributed by atoms with Crippen LogP contribution in [0.3, 0.4) is 0 Å². The average molecular weight is 357 g/mol. The maximum absolute atomic E-state index is 11.6. The summed E-state index contributed by atoms with van der Waals surface area (Å²) in [5.41, 5.74) is 0. The molecule has 0 aliphatic carbocycles. The molecule has 0 aliphatic heterocycles. The van der Waals surface area contributed by atoms with Crippen molar-refractivity contribution >= 4 is 11.9 Å². The van der Waals surface area contributed by atoms with Crippen LogP contribution in [0, 0.1) is 5.92 Å². The van der Waals surface area contributed by atoms with E-state index in [1.165, 1.54) is 0 Å². The minimum absolute atomic E-state index is 0.0577. The van der Waals surface area contributed by atoms with Crippen LogP contribution in [-0.2, 0) is 19.1 Å². The highest BCUT2D eigenvalue weighted by atomic mass is 16.5. The topological polar surface area (TPSA) is 52.6 Å². The zero-order valence-corrected chi connectivity index (χ0v) is 16.8. The second kappa shape index (κ2) is 17.8. The molecule has 0 atom stereocenters. The van der Waals surface area contributed by atoms with E-state index in [4.69, 9.17) is 9.47 Å². The van der Waals surface area contributed by atoms with Gasteiger partial charge in [0, 0.05) is 12.8 Å². The van der Waals surface area contributed by atoms with Crippen LogP contribution in [0.15, 0.2) is 0 Å². The number of carbonyl (C=O) groups excluding carboxylic acids is 2. The van der Waals surface area contributed by atoms with E-state index in [0.717, 1.165) is 70.6 Å². The van der Waals surface area contributed by atoms with E-state index in [-0.39, 0.29) is 11.9 Å². The molecule has 0 fully saturated rings. The van der Waals surface area contributed by atoms with Crippen molar-refractivity contribution in [1.29, 1.82) is 0 Å². The first-order valence-corrected chi connectivity index (χ1v) is 10.4. The number of unbranched alkanes of at least 4 members (excludes halogenated alkanes) is 7. The summed E-state index contributed by atoms with van der Waals surface area (Å²) in [7, 11) is 0. The van der Waals surface area contributed by atoms with E-state index in [0.29, 0.717) is 32.0 Å². The van der Waals surface area contributed by atoms with Crippen LogP contribution in [0.2, 0.25) is 0 Å². The smallest absolute Gasteiger partial charge is 0.305 e. The van der Waals surface area contributed by atoms with Crippen LogP contribution in [0.4, 0.5) is 0 Å². The van der Waals surface area contributed by atoms with Crippen LogP contribution in [0.5, 0.6) is 0 Å². The Morgan fingerprint density at radius 3 is 1.72 bits per heavy atom. The Morgan fingerprint density at radius 1 is 0.680 bits per heavy atom. The van der Waals surface area contributed by atoms with Crippen molar-refractivity contribution in [2.45, 2.75) is 104 Å². The van der Waals surface area contributed by atoms with Crippen LogP contribution in [-0.4, -0.2) is 25.2 Å². The van der Waals surface area contributed by atoms with E-state index < -0.39 is 0 Å². The first-order chi connectivity index (χ1) is 12.1. The van der Waals surface area contributed by atoms with Crippen LogP contribution in [0.25, 0.3) is 0 Å². The van der Waals surface area contributed by atoms with Gasteiger partial charge in [0.1, 0.15) is 0 Å². The fourth-order valence-corrected chi connectivity index (χ4v) is 2.66. The number of rotatable bonds is 17. The highest BCUT2D eigenvalue weighted by Gasteiger charge is 2.08. The fraction of sp³-hybridized carbons (Fsp3) is 0.905. The predicted molar refractivity (Wildman–Crippen MR) is 102 cm³/mol. The Labute approximate surface area is 155 Å². The molecular formula is C21H40O4. The highest BCUT2D eigenvalue weighted by Crippen LogP contribution is 2.11. The van der Waals surface area contributed by atoms with Gasteiger partial charge in [-0.15, -0.1) is 0 Å². The molecule has 0 unspecified atom stereocenters. The van der Waals surface area contributed by atoms with Crippen molar-refractivity contribution in [3.05, 3.63) is 0 Å². The summed E-state index contributed by atoms with van der Waals surface area (Å²) < 4.78 is 10.5. The molecule has 0 heterocycles. The molecule has 0 aromatic carbocycles. The summed E-state index contributed by atoms with van der Waals surface area (Å²) in [6, 6.07) is 0. The summed E-state index contributed by atoms with van der Waals surface area (Å²) in [6.07, 6.45) is 12.6. The molecule has 0 aromatic rings. The summed E-state index contributed by atoms with van der Waals surface area (Å²) in [4.78, 5) is 23.1. The van der Waals surface area contributed by atoms with Crippen molar-refractivity contribution in [1.82, 2.24) is 0 Å². The molecule has 0 saturated heterocycles. The summed E-state index contributed by atoms with van der Waals surface area (Å²) in [5, 5.41) is 0. The highest BCUT2D eigenvalue weighted by molar-refractivity contribution is 5.69. The van der Waals surface area contributed by atoms with Crippen molar-refractivity contribution < 1.29 is 19.1 Å². The van der Waals surface area contributed by atoms with E-state index in [1.807, 2.05) is 0 Å². The fourth-order valence-electron chi connectivity index (χ4n) is 2.66. The lowest BCUT2D eigenvalue weighted by molar-refractivity contribution is -0.145. The van der Waals surface area contributed by atoms with Gasteiger partial charge in [0.2, 0.25) is 0 Å². The van der Waals surface area contributed by atoms with Gasteiger partial charge in [-0.1, -0.05) is 72.1 Å². The van der Waals surface area contributed by atoms with Crippen molar-refractivity contribution in [3.8, 4) is 0 Å². The lowest BCUT2D eigenvalue weighted by atomic mass is 10.1. The third kappa shape index (κ3) is 16.2. The molecular weight excluding hydrogens is 316 g/mol. The van der Waals surface area contributed by atoms with Crippen molar-refractivity contribution in [2.75, 3.05) is 13.2 Å². The van der Waals surface area contributed by atoms with E-state index >= 15 is 0 Å². The van der Waals surface area contributed by atoms with Gasteiger partial charge in [0.05, 0.1) is 13.2 Å². The number of hydrogen-bond donors (Lipinski definition) is 0. The predicted octanol–water partition coefficient (Wildman–Crippen LogP) is 5.82. The van der Waals surface area contributed by atoms with Crippen molar-refractivity contribution in [2.24, 2.45) is 5.92 Å². The monoisotopic (exact) mass is 356 g/mol. The zero-order valence-electron chi connectivity index (χ0n) is 16.8. The molecule has 0 bridgehead atoms. The van der Waals surface area contributed by atoms with Gasteiger partial charge in [-0.3, -0.25) is 9.59 Å². The van der Waals surface area contributed by atoms with Gasteiger partial charge >= 0.3 is 11.9 Å². The van der Waals surface area contributed by atoms with Crippen LogP contribution >= 0.6 is 0 Å².